The number of fused-ring (bicyclic) bond motifs is 1. The maximum atomic E-state index is 13.1. The van der Waals surface area contributed by atoms with Crippen molar-refractivity contribution < 1.29 is 19.4 Å². The van der Waals surface area contributed by atoms with Gasteiger partial charge in [0.25, 0.3) is 0 Å². The van der Waals surface area contributed by atoms with E-state index in [4.69, 9.17) is 4.74 Å². The van der Waals surface area contributed by atoms with E-state index in [2.05, 4.69) is 6.07 Å². The second-order valence-corrected chi connectivity index (χ2v) is 6.50. The summed E-state index contributed by atoms with van der Waals surface area (Å²) in [6.07, 6.45) is 0.463. The molecule has 3 rings (SSSR count). The summed E-state index contributed by atoms with van der Waals surface area (Å²) in [4.78, 5) is 26.6. The van der Waals surface area contributed by atoms with Crippen molar-refractivity contribution in [2.45, 2.75) is 26.3 Å². The molecule has 1 aliphatic heterocycles. The Labute approximate surface area is 147 Å². The summed E-state index contributed by atoms with van der Waals surface area (Å²) in [7, 11) is 0. The molecule has 5 heteroatoms. The van der Waals surface area contributed by atoms with Crippen molar-refractivity contribution in [1.29, 1.82) is 0 Å². The fraction of sp³-hybridized carbons (Fsp3) is 0.400. The Balaban J connectivity index is 1.85. The number of hydrogen-bond donors (Lipinski definition) is 1. The highest BCUT2D eigenvalue weighted by atomic mass is 16.5. The molecular formula is C20H23NO4. The van der Waals surface area contributed by atoms with Crippen LogP contribution in [0.5, 0.6) is 0 Å². The number of carbonyl (C=O) groups excluding carboxylic acids is 1. The molecular weight excluding hydrogens is 318 g/mol. The van der Waals surface area contributed by atoms with Crippen LogP contribution in [0.3, 0.4) is 0 Å². The van der Waals surface area contributed by atoms with Gasteiger partial charge in [-0.2, -0.15) is 0 Å². The lowest BCUT2D eigenvalue weighted by Crippen LogP contribution is -2.51. The van der Waals surface area contributed by atoms with Crippen molar-refractivity contribution in [3.05, 3.63) is 48.0 Å². The number of rotatable bonds is 5. The molecule has 0 bridgehead atoms. The minimum atomic E-state index is -1.36. The summed E-state index contributed by atoms with van der Waals surface area (Å²) in [5.41, 5.74) is -0.355. The van der Waals surface area contributed by atoms with Crippen LogP contribution in [0.25, 0.3) is 10.8 Å². The quantitative estimate of drug-likeness (QED) is 0.849. The molecule has 2 aromatic rings. The fourth-order valence-electron chi connectivity index (χ4n) is 3.43. The zero-order valence-electron chi connectivity index (χ0n) is 14.4. The summed E-state index contributed by atoms with van der Waals surface area (Å²) >= 11 is 0. The van der Waals surface area contributed by atoms with Gasteiger partial charge in [0.05, 0.1) is 0 Å². The number of hydrogen-bond acceptors (Lipinski definition) is 3. The van der Waals surface area contributed by atoms with E-state index in [0.29, 0.717) is 26.3 Å². The number of carboxylic acids is 1. The molecule has 2 aromatic carbocycles. The van der Waals surface area contributed by atoms with Gasteiger partial charge in [-0.15, -0.1) is 0 Å². The average Bonchev–Trinajstić information content (AvgIpc) is 2.65. The second-order valence-electron chi connectivity index (χ2n) is 6.50. The Morgan fingerprint density at radius 2 is 1.80 bits per heavy atom. The highest BCUT2D eigenvalue weighted by Crippen LogP contribution is 2.33. The largest absolute Gasteiger partial charge is 0.480 e. The highest BCUT2D eigenvalue weighted by molar-refractivity contribution is 6.02. The van der Waals surface area contributed by atoms with Crippen molar-refractivity contribution in [2.24, 2.45) is 5.41 Å². The van der Waals surface area contributed by atoms with E-state index < -0.39 is 11.4 Å². The Hall–Kier alpha value is -2.40. The smallest absolute Gasteiger partial charge is 0.319 e. The number of benzene rings is 2. The summed E-state index contributed by atoms with van der Waals surface area (Å²) < 4.78 is 5.27. The molecule has 0 atom stereocenters. The standard InChI is InChI=1S/C20H23NO4/c1-2-21(18(22)20(19(23)24)9-11-25-12-10-20)14-15-7-8-16-5-3-4-6-17(16)13-15/h3-8,13H,2,9-12,14H2,1H3,(H,23,24). The third-order valence-electron chi connectivity index (χ3n) is 5.02. The first kappa shape index (κ1) is 17.4. The minimum Gasteiger partial charge on any atom is -0.480 e. The summed E-state index contributed by atoms with van der Waals surface area (Å²) in [5.74, 6) is -1.35. The van der Waals surface area contributed by atoms with Gasteiger partial charge in [0.15, 0.2) is 5.41 Å². The van der Waals surface area contributed by atoms with Gasteiger partial charge >= 0.3 is 5.97 Å². The molecule has 132 valence electrons. The van der Waals surface area contributed by atoms with Gasteiger partial charge in [0.1, 0.15) is 0 Å². The zero-order chi connectivity index (χ0) is 17.9. The molecule has 1 amide bonds. The third kappa shape index (κ3) is 3.37. The van der Waals surface area contributed by atoms with Crippen LogP contribution in [0.15, 0.2) is 42.5 Å². The molecule has 1 fully saturated rings. The molecule has 1 aliphatic rings. The normalized spacial score (nSPS) is 16.5. The van der Waals surface area contributed by atoms with Crippen molar-refractivity contribution in [3.63, 3.8) is 0 Å². The molecule has 0 unspecified atom stereocenters. The molecule has 25 heavy (non-hydrogen) atoms. The van der Waals surface area contributed by atoms with Gasteiger partial charge < -0.3 is 14.7 Å². The SMILES string of the molecule is CCN(Cc1ccc2ccccc2c1)C(=O)C1(C(=O)O)CCOCC1. The Morgan fingerprint density at radius 1 is 1.12 bits per heavy atom. The minimum absolute atomic E-state index is 0.232. The van der Waals surface area contributed by atoms with Gasteiger partial charge in [-0.3, -0.25) is 9.59 Å². The van der Waals surface area contributed by atoms with Crippen molar-refractivity contribution >= 4 is 22.6 Å². The van der Waals surface area contributed by atoms with Crippen molar-refractivity contribution in [3.8, 4) is 0 Å². The Kier molecular flexibility index (Phi) is 5.04. The van der Waals surface area contributed by atoms with Crippen LogP contribution in [0.2, 0.25) is 0 Å². The topological polar surface area (TPSA) is 66.8 Å². The van der Waals surface area contributed by atoms with Crippen LogP contribution in [-0.2, 0) is 20.9 Å². The summed E-state index contributed by atoms with van der Waals surface area (Å²) in [5, 5.41) is 12.0. The first-order chi connectivity index (χ1) is 12.1. The maximum absolute atomic E-state index is 13.1. The molecule has 1 heterocycles. The van der Waals surface area contributed by atoms with Crippen LogP contribution in [0, 0.1) is 5.41 Å². The van der Waals surface area contributed by atoms with E-state index in [-0.39, 0.29) is 18.7 Å². The predicted octanol–water partition coefficient (Wildman–Crippen LogP) is 3.07. The summed E-state index contributed by atoms with van der Waals surface area (Å²) in [6, 6.07) is 14.1. The van der Waals surface area contributed by atoms with E-state index in [0.717, 1.165) is 16.3 Å². The lowest BCUT2D eigenvalue weighted by Gasteiger charge is -2.36. The van der Waals surface area contributed by atoms with Gasteiger partial charge in [0.2, 0.25) is 5.91 Å². The molecule has 0 radical (unpaired) electrons. The number of nitrogens with zero attached hydrogens (tertiary/aromatic N) is 1. The van der Waals surface area contributed by atoms with E-state index in [1.165, 1.54) is 0 Å². The molecule has 1 N–H and O–H groups in total. The predicted molar refractivity (Wildman–Crippen MR) is 95.2 cm³/mol. The van der Waals surface area contributed by atoms with Crippen LogP contribution >= 0.6 is 0 Å². The van der Waals surface area contributed by atoms with Gasteiger partial charge in [0, 0.05) is 26.3 Å². The second kappa shape index (κ2) is 7.23. The molecule has 5 nitrogen and oxygen atoms in total. The Morgan fingerprint density at radius 3 is 2.44 bits per heavy atom. The lowest BCUT2D eigenvalue weighted by atomic mass is 9.78. The monoisotopic (exact) mass is 341 g/mol. The van der Waals surface area contributed by atoms with Crippen LogP contribution in [-0.4, -0.2) is 41.6 Å². The summed E-state index contributed by atoms with van der Waals surface area (Å²) in [6.45, 7) is 3.39. The van der Waals surface area contributed by atoms with Gasteiger partial charge in [-0.05, 0) is 42.2 Å². The number of carboxylic acid groups (broad SMARTS) is 1. The number of carbonyl (C=O) groups is 2. The van der Waals surface area contributed by atoms with Crippen LogP contribution < -0.4 is 0 Å². The first-order valence-electron chi connectivity index (χ1n) is 8.65. The van der Waals surface area contributed by atoms with Crippen molar-refractivity contribution in [1.82, 2.24) is 4.90 Å². The molecule has 1 saturated heterocycles. The fourth-order valence-corrected chi connectivity index (χ4v) is 3.43. The lowest BCUT2D eigenvalue weighted by molar-refractivity contribution is -0.167. The number of aliphatic carboxylic acids is 1. The molecule has 0 spiro atoms. The number of ether oxygens (including phenoxy) is 1. The van der Waals surface area contributed by atoms with Crippen LogP contribution in [0.1, 0.15) is 25.3 Å². The Bertz CT molecular complexity index is 780. The van der Waals surface area contributed by atoms with E-state index in [1.807, 2.05) is 43.3 Å². The van der Waals surface area contributed by atoms with E-state index >= 15 is 0 Å². The van der Waals surface area contributed by atoms with Crippen molar-refractivity contribution in [2.75, 3.05) is 19.8 Å². The molecule has 0 aliphatic carbocycles. The average molecular weight is 341 g/mol. The third-order valence-corrected chi connectivity index (χ3v) is 5.02. The van der Waals surface area contributed by atoms with E-state index in [1.54, 1.807) is 4.90 Å². The zero-order valence-corrected chi connectivity index (χ0v) is 14.4. The number of amides is 1. The van der Waals surface area contributed by atoms with Gasteiger partial charge in [-0.25, -0.2) is 0 Å². The molecule has 0 saturated carbocycles. The highest BCUT2D eigenvalue weighted by Gasteiger charge is 2.49. The van der Waals surface area contributed by atoms with E-state index in [9.17, 15) is 14.7 Å². The maximum Gasteiger partial charge on any atom is 0.319 e. The van der Waals surface area contributed by atoms with Gasteiger partial charge in [-0.1, -0.05) is 36.4 Å². The molecule has 0 aromatic heterocycles. The first-order valence-corrected chi connectivity index (χ1v) is 8.65. The van der Waals surface area contributed by atoms with Crippen LogP contribution in [0.4, 0.5) is 0 Å².